The maximum atomic E-state index is 12.6. The first-order chi connectivity index (χ1) is 12.7. The van der Waals surface area contributed by atoms with Gasteiger partial charge in [-0.3, -0.25) is 19.3 Å². The van der Waals surface area contributed by atoms with Crippen molar-refractivity contribution in [1.29, 1.82) is 0 Å². The molecule has 1 aromatic carbocycles. The molecule has 0 radical (unpaired) electrons. The van der Waals surface area contributed by atoms with Crippen LogP contribution >= 0.6 is 0 Å². The number of rotatable bonds is 4. The number of carbonyl (C=O) groups excluding carboxylic acids is 4. The van der Waals surface area contributed by atoms with Gasteiger partial charge in [0, 0.05) is 11.6 Å². The summed E-state index contributed by atoms with van der Waals surface area (Å²) >= 11 is 0. The van der Waals surface area contributed by atoms with Gasteiger partial charge < -0.3 is 0 Å². The van der Waals surface area contributed by atoms with Crippen LogP contribution in [0.3, 0.4) is 0 Å². The maximum Gasteiger partial charge on any atom is 0.334 e. The molecule has 0 bridgehead atoms. The molecule has 0 atom stereocenters. The molecule has 3 rings (SSSR count). The fourth-order valence-electron chi connectivity index (χ4n) is 3.71. The van der Waals surface area contributed by atoms with Crippen LogP contribution in [-0.4, -0.2) is 46.0 Å². The molecular formula is C21H26N2O4. The number of hydrogen-bond donors (Lipinski definition) is 0. The van der Waals surface area contributed by atoms with Gasteiger partial charge in [0.05, 0.1) is 6.54 Å². The number of urea groups is 1. The minimum atomic E-state index is -0.898. The van der Waals surface area contributed by atoms with Gasteiger partial charge in [0.2, 0.25) is 0 Å². The second-order valence-corrected chi connectivity index (χ2v) is 8.39. The maximum absolute atomic E-state index is 12.6. The summed E-state index contributed by atoms with van der Waals surface area (Å²) in [7, 11) is 0. The first-order valence-electron chi connectivity index (χ1n) is 9.53. The highest BCUT2D eigenvalue weighted by molar-refractivity contribution is 6.45. The Morgan fingerprint density at radius 2 is 1.56 bits per heavy atom. The third-order valence-corrected chi connectivity index (χ3v) is 5.40. The average Bonchev–Trinajstić information content (AvgIpc) is 2.85. The predicted molar refractivity (Wildman–Crippen MR) is 100 cm³/mol. The molecule has 6 nitrogen and oxygen atoms in total. The molecule has 2 fully saturated rings. The third kappa shape index (κ3) is 3.80. The van der Waals surface area contributed by atoms with E-state index in [9.17, 15) is 19.2 Å². The van der Waals surface area contributed by atoms with E-state index in [0.29, 0.717) is 5.56 Å². The van der Waals surface area contributed by atoms with Crippen molar-refractivity contribution in [2.24, 2.45) is 0 Å². The molecular weight excluding hydrogens is 344 g/mol. The third-order valence-electron chi connectivity index (χ3n) is 5.40. The van der Waals surface area contributed by atoms with E-state index in [-0.39, 0.29) is 17.2 Å². The van der Waals surface area contributed by atoms with Gasteiger partial charge in [-0.1, -0.05) is 64.3 Å². The molecule has 1 aliphatic heterocycles. The summed E-state index contributed by atoms with van der Waals surface area (Å²) in [6, 6.07) is 6.27. The number of benzene rings is 1. The minimum absolute atomic E-state index is 0.0324. The number of carbonyl (C=O) groups is 4. The van der Waals surface area contributed by atoms with Gasteiger partial charge in [-0.15, -0.1) is 0 Å². The zero-order valence-electron chi connectivity index (χ0n) is 16.2. The van der Waals surface area contributed by atoms with Crippen LogP contribution in [0.5, 0.6) is 0 Å². The molecule has 27 heavy (non-hydrogen) atoms. The van der Waals surface area contributed by atoms with Crippen molar-refractivity contribution >= 4 is 23.6 Å². The first-order valence-corrected chi connectivity index (χ1v) is 9.53. The topological polar surface area (TPSA) is 74.8 Å². The van der Waals surface area contributed by atoms with E-state index < -0.39 is 24.4 Å². The van der Waals surface area contributed by atoms with Gasteiger partial charge >= 0.3 is 17.8 Å². The zero-order chi connectivity index (χ0) is 19.8. The fraction of sp³-hybridized carbons (Fsp3) is 0.524. The Kier molecular flexibility index (Phi) is 5.18. The molecule has 1 heterocycles. The average molecular weight is 370 g/mol. The van der Waals surface area contributed by atoms with Gasteiger partial charge in [0.25, 0.3) is 0 Å². The normalized spacial score (nSPS) is 19.1. The summed E-state index contributed by atoms with van der Waals surface area (Å²) in [5.74, 6) is -2.05. The molecule has 6 heteroatoms. The van der Waals surface area contributed by atoms with E-state index in [1.54, 1.807) is 12.1 Å². The molecule has 1 saturated heterocycles. The molecule has 2 aliphatic rings. The van der Waals surface area contributed by atoms with E-state index >= 15 is 0 Å². The van der Waals surface area contributed by atoms with Crippen molar-refractivity contribution in [2.75, 3.05) is 6.54 Å². The second kappa shape index (κ2) is 7.25. The molecule has 0 aromatic heterocycles. The lowest BCUT2D eigenvalue weighted by Gasteiger charge is -2.28. The van der Waals surface area contributed by atoms with E-state index in [1.807, 2.05) is 12.1 Å². The Balaban J connectivity index is 1.72. The molecule has 144 valence electrons. The highest BCUT2D eigenvalue weighted by atomic mass is 16.2. The van der Waals surface area contributed by atoms with Gasteiger partial charge in [0.1, 0.15) is 0 Å². The van der Waals surface area contributed by atoms with Gasteiger partial charge in [0.15, 0.2) is 5.78 Å². The predicted octanol–water partition coefficient (Wildman–Crippen LogP) is 3.29. The Morgan fingerprint density at radius 1 is 0.963 bits per heavy atom. The van der Waals surface area contributed by atoms with E-state index in [1.165, 1.54) is 0 Å². The standard InChI is InChI=1S/C21H26N2O4/c1-21(2,3)15-11-9-14(10-12-15)17(24)13-22-18(25)19(26)23(20(22)27)16-7-5-4-6-8-16/h9-12,16H,4-8,13H2,1-3H3. The zero-order valence-corrected chi connectivity index (χ0v) is 16.2. The van der Waals surface area contributed by atoms with Crippen molar-refractivity contribution in [3.63, 3.8) is 0 Å². The van der Waals surface area contributed by atoms with Crippen LogP contribution < -0.4 is 0 Å². The van der Waals surface area contributed by atoms with Crippen molar-refractivity contribution in [3.8, 4) is 0 Å². The molecule has 1 aliphatic carbocycles. The van der Waals surface area contributed by atoms with Crippen molar-refractivity contribution in [1.82, 2.24) is 9.80 Å². The molecule has 1 aromatic rings. The fourth-order valence-corrected chi connectivity index (χ4v) is 3.71. The van der Waals surface area contributed by atoms with Crippen LogP contribution in [-0.2, 0) is 15.0 Å². The second-order valence-electron chi connectivity index (χ2n) is 8.39. The smallest absolute Gasteiger partial charge is 0.292 e. The molecule has 0 spiro atoms. The monoisotopic (exact) mass is 370 g/mol. The summed E-state index contributed by atoms with van der Waals surface area (Å²) in [6.07, 6.45) is 4.40. The lowest BCUT2D eigenvalue weighted by Crippen LogP contribution is -2.43. The largest absolute Gasteiger partial charge is 0.334 e. The van der Waals surface area contributed by atoms with Gasteiger partial charge in [-0.05, 0) is 23.8 Å². The van der Waals surface area contributed by atoms with Crippen LogP contribution in [0.15, 0.2) is 24.3 Å². The Labute approximate surface area is 159 Å². The molecule has 4 amide bonds. The van der Waals surface area contributed by atoms with E-state index in [0.717, 1.165) is 47.5 Å². The van der Waals surface area contributed by atoms with Gasteiger partial charge in [-0.25, -0.2) is 9.69 Å². The van der Waals surface area contributed by atoms with Crippen molar-refractivity contribution in [2.45, 2.75) is 64.3 Å². The number of ketones is 1. The molecule has 1 saturated carbocycles. The van der Waals surface area contributed by atoms with Crippen molar-refractivity contribution < 1.29 is 19.2 Å². The summed E-state index contributed by atoms with van der Waals surface area (Å²) in [4.78, 5) is 51.6. The van der Waals surface area contributed by atoms with Crippen LogP contribution in [0.25, 0.3) is 0 Å². The highest BCUT2D eigenvalue weighted by Gasteiger charge is 2.48. The molecule has 0 unspecified atom stereocenters. The highest BCUT2D eigenvalue weighted by Crippen LogP contribution is 2.27. The number of imide groups is 2. The van der Waals surface area contributed by atoms with Crippen LogP contribution in [0.1, 0.15) is 68.8 Å². The first kappa shape index (κ1) is 19.3. The van der Waals surface area contributed by atoms with Gasteiger partial charge in [-0.2, -0.15) is 0 Å². The minimum Gasteiger partial charge on any atom is -0.292 e. The Hall–Kier alpha value is -2.50. The summed E-state index contributed by atoms with van der Waals surface area (Å²) in [5.41, 5.74) is 1.48. The lowest BCUT2D eigenvalue weighted by atomic mass is 9.86. The number of nitrogens with zero attached hydrogens (tertiary/aromatic N) is 2. The number of hydrogen-bond acceptors (Lipinski definition) is 4. The van der Waals surface area contributed by atoms with E-state index in [2.05, 4.69) is 20.8 Å². The SMILES string of the molecule is CC(C)(C)c1ccc(C(=O)CN2C(=O)C(=O)N(C3CCCCC3)C2=O)cc1. The summed E-state index contributed by atoms with van der Waals surface area (Å²) in [5, 5.41) is 0. The van der Waals surface area contributed by atoms with Crippen LogP contribution in [0, 0.1) is 0 Å². The Morgan fingerprint density at radius 3 is 2.11 bits per heavy atom. The van der Waals surface area contributed by atoms with Crippen LogP contribution in [0.2, 0.25) is 0 Å². The lowest BCUT2D eigenvalue weighted by molar-refractivity contribution is -0.144. The van der Waals surface area contributed by atoms with Crippen LogP contribution in [0.4, 0.5) is 4.79 Å². The van der Waals surface area contributed by atoms with E-state index in [4.69, 9.17) is 0 Å². The quantitative estimate of drug-likeness (QED) is 0.463. The molecule has 0 N–H and O–H groups in total. The van der Waals surface area contributed by atoms with Crippen molar-refractivity contribution in [3.05, 3.63) is 35.4 Å². The Bertz CT molecular complexity index is 770. The summed E-state index contributed by atoms with van der Waals surface area (Å²) < 4.78 is 0. The number of amides is 4. The number of Topliss-reactive ketones (excluding diaryl/α,β-unsaturated/α-hetero) is 1. The summed E-state index contributed by atoms with van der Waals surface area (Å²) in [6.45, 7) is 5.84.